The van der Waals surface area contributed by atoms with Crippen molar-refractivity contribution < 1.29 is 8.42 Å². The van der Waals surface area contributed by atoms with Crippen LogP contribution in [0.3, 0.4) is 0 Å². The second-order valence-corrected chi connectivity index (χ2v) is 8.11. The molecule has 2 N–H and O–H groups in total. The van der Waals surface area contributed by atoms with Gasteiger partial charge in [0.1, 0.15) is 9.84 Å². The number of hydrogen-bond acceptors (Lipinski definition) is 3. The van der Waals surface area contributed by atoms with Crippen LogP contribution < -0.4 is 10.6 Å². The summed E-state index contributed by atoms with van der Waals surface area (Å²) >= 11 is 0. The molecule has 1 unspecified atom stereocenters. The van der Waals surface area contributed by atoms with E-state index in [4.69, 9.17) is 0 Å². The molecule has 1 atom stereocenters. The average Bonchev–Trinajstić information content (AvgIpc) is 2.33. The maximum absolute atomic E-state index is 11.1. The van der Waals surface area contributed by atoms with Gasteiger partial charge in [0.15, 0.2) is 5.96 Å². The Kier molecular flexibility index (Phi) is 13.8. The van der Waals surface area contributed by atoms with Gasteiger partial charge in [-0.2, -0.15) is 0 Å². The lowest BCUT2D eigenvalue weighted by Gasteiger charge is -2.17. The van der Waals surface area contributed by atoms with Crippen LogP contribution in [0.2, 0.25) is 0 Å². The number of nitrogens with zero attached hydrogens (tertiary/aromatic N) is 1. The summed E-state index contributed by atoms with van der Waals surface area (Å²) < 4.78 is 22.2. The summed E-state index contributed by atoms with van der Waals surface area (Å²) in [5.74, 6) is 1.70. The van der Waals surface area contributed by atoms with E-state index in [1.54, 1.807) is 7.05 Å². The molecule has 21 heavy (non-hydrogen) atoms. The molecule has 0 heterocycles. The molecule has 0 aromatic carbocycles. The van der Waals surface area contributed by atoms with E-state index in [9.17, 15) is 8.42 Å². The highest BCUT2D eigenvalue weighted by atomic mass is 127. The molecule has 0 aliphatic carbocycles. The second kappa shape index (κ2) is 12.5. The fourth-order valence-electron chi connectivity index (χ4n) is 1.78. The quantitative estimate of drug-likeness (QED) is 0.254. The smallest absolute Gasteiger partial charge is 0.191 e. The van der Waals surface area contributed by atoms with Crippen LogP contribution in [-0.2, 0) is 9.84 Å². The topological polar surface area (TPSA) is 70.6 Å². The zero-order chi connectivity index (χ0) is 15.6. The standard InChI is InChI=1S/C14H31N3O2S.HI/c1-12(2)8-6-7-10-16-14(15-4)17-13(3)9-11-20(5,18)19;/h12-13H,6-11H2,1-5H3,(H2,15,16,17);1H. The van der Waals surface area contributed by atoms with Crippen LogP contribution >= 0.6 is 24.0 Å². The van der Waals surface area contributed by atoms with Gasteiger partial charge in [-0.05, 0) is 25.7 Å². The van der Waals surface area contributed by atoms with Crippen LogP contribution in [0, 0.1) is 5.92 Å². The van der Waals surface area contributed by atoms with Gasteiger partial charge >= 0.3 is 0 Å². The molecular formula is C14H32IN3O2S. The summed E-state index contributed by atoms with van der Waals surface area (Å²) in [7, 11) is -1.17. The predicted molar refractivity (Wildman–Crippen MR) is 102 cm³/mol. The number of guanidine groups is 1. The summed E-state index contributed by atoms with van der Waals surface area (Å²) in [4.78, 5) is 4.15. The van der Waals surface area contributed by atoms with Crippen LogP contribution in [0.15, 0.2) is 4.99 Å². The lowest BCUT2D eigenvalue weighted by Crippen LogP contribution is -2.43. The Morgan fingerprint density at radius 3 is 2.24 bits per heavy atom. The van der Waals surface area contributed by atoms with E-state index in [1.165, 1.54) is 19.1 Å². The van der Waals surface area contributed by atoms with E-state index in [1.807, 2.05) is 6.92 Å². The van der Waals surface area contributed by atoms with Crippen molar-refractivity contribution >= 4 is 39.8 Å². The normalized spacial score (nSPS) is 13.7. The molecule has 0 bridgehead atoms. The number of nitrogens with one attached hydrogen (secondary N) is 2. The first-order valence-corrected chi connectivity index (χ1v) is 9.45. The fourth-order valence-corrected chi connectivity index (χ4v) is 2.56. The zero-order valence-electron chi connectivity index (χ0n) is 14.0. The Labute approximate surface area is 147 Å². The zero-order valence-corrected chi connectivity index (χ0v) is 17.1. The number of aliphatic imine (C=N–C) groups is 1. The van der Waals surface area contributed by atoms with Crippen LogP contribution in [0.25, 0.3) is 0 Å². The van der Waals surface area contributed by atoms with Gasteiger partial charge in [0.25, 0.3) is 0 Å². The highest BCUT2D eigenvalue weighted by Gasteiger charge is 2.09. The van der Waals surface area contributed by atoms with Crippen molar-refractivity contribution in [3.8, 4) is 0 Å². The number of unbranched alkanes of at least 4 members (excludes halogenated alkanes) is 1. The number of sulfone groups is 1. The molecule has 0 spiro atoms. The van der Waals surface area contributed by atoms with Crippen molar-refractivity contribution in [1.29, 1.82) is 0 Å². The summed E-state index contributed by atoms with van der Waals surface area (Å²) in [6.07, 6.45) is 5.44. The molecule has 0 saturated heterocycles. The van der Waals surface area contributed by atoms with Crippen molar-refractivity contribution in [1.82, 2.24) is 10.6 Å². The van der Waals surface area contributed by atoms with Crippen molar-refractivity contribution in [3.05, 3.63) is 0 Å². The van der Waals surface area contributed by atoms with Crippen molar-refractivity contribution in [2.45, 2.75) is 52.5 Å². The third-order valence-corrected chi connectivity index (χ3v) is 4.01. The lowest BCUT2D eigenvalue weighted by atomic mass is 10.1. The minimum absolute atomic E-state index is 0. The van der Waals surface area contributed by atoms with E-state index in [0.717, 1.165) is 24.8 Å². The van der Waals surface area contributed by atoms with Crippen LogP contribution in [0.1, 0.15) is 46.5 Å². The summed E-state index contributed by atoms with van der Waals surface area (Å²) in [6.45, 7) is 7.33. The molecule has 0 aliphatic heterocycles. The summed E-state index contributed by atoms with van der Waals surface area (Å²) in [5.41, 5.74) is 0. The molecule has 0 rings (SSSR count). The van der Waals surface area contributed by atoms with Crippen molar-refractivity contribution in [3.63, 3.8) is 0 Å². The Hall–Kier alpha value is -0.0500. The van der Waals surface area contributed by atoms with Gasteiger partial charge in [-0.1, -0.05) is 26.7 Å². The van der Waals surface area contributed by atoms with E-state index in [-0.39, 0.29) is 35.8 Å². The van der Waals surface area contributed by atoms with Gasteiger partial charge in [-0.3, -0.25) is 4.99 Å². The molecule has 0 amide bonds. The number of halogens is 1. The molecular weight excluding hydrogens is 401 g/mol. The minimum atomic E-state index is -2.89. The van der Waals surface area contributed by atoms with Crippen molar-refractivity contribution in [2.24, 2.45) is 10.9 Å². The highest BCUT2D eigenvalue weighted by Crippen LogP contribution is 2.05. The van der Waals surface area contributed by atoms with Gasteiger partial charge in [-0.15, -0.1) is 24.0 Å². The maximum atomic E-state index is 11.1. The first-order chi connectivity index (χ1) is 9.24. The Bertz CT molecular complexity index is 384. The molecule has 0 aliphatic rings. The number of rotatable bonds is 9. The van der Waals surface area contributed by atoms with Crippen LogP contribution in [0.5, 0.6) is 0 Å². The lowest BCUT2D eigenvalue weighted by molar-refractivity contribution is 0.532. The van der Waals surface area contributed by atoms with Gasteiger partial charge < -0.3 is 10.6 Å². The van der Waals surface area contributed by atoms with Gasteiger partial charge in [-0.25, -0.2) is 8.42 Å². The third-order valence-electron chi connectivity index (χ3n) is 3.03. The molecule has 0 aromatic rings. The van der Waals surface area contributed by atoms with Gasteiger partial charge in [0.2, 0.25) is 0 Å². The fraction of sp³-hybridized carbons (Fsp3) is 0.929. The SMILES string of the molecule is CN=C(NCCCCC(C)C)NC(C)CCS(C)(=O)=O.I. The van der Waals surface area contributed by atoms with E-state index < -0.39 is 9.84 Å². The third kappa shape index (κ3) is 16.2. The molecule has 7 heteroatoms. The molecule has 128 valence electrons. The van der Waals surface area contributed by atoms with Gasteiger partial charge in [0, 0.05) is 25.9 Å². The van der Waals surface area contributed by atoms with E-state index in [2.05, 4.69) is 29.5 Å². The molecule has 5 nitrogen and oxygen atoms in total. The average molecular weight is 433 g/mol. The molecule has 0 saturated carbocycles. The van der Waals surface area contributed by atoms with Crippen LogP contribution in [-0.4, -0.2) is 46.0 Å². The molecule has 0 fully saturated rings. The minimum Gasteiger partial charge on any atom is -0.356 e. The van der Waals surface area contributed by atoms with Crippen molar-refractivity contribution in [2.75, 3.05) is 25.6 Å². The summed E-state index contributed by atoms with van der Waals surface area (Å²) in [6, 6.07) is 0.0894. The van der Waals surface area contributed by atoms with Crippen LogP contribution in [0.4, 0.5) is 0 Å². The Balaban J connectivity index is 0. The predicted octanol–water partition coefficient (Wildman–Crippen LogP) is 2.42. The second-order valence-electron chi connectivity index (χ2n) is 5.85. The highest BCUT2D eigenvalue weighted by molar-refractivity contribution is 14.0. The first kappa shape index (κ1) is 23.2. The Morgan fingerprint density at radius 1 is 1.14 bits per heavy atom. The van der Waals surface area contributed by atoms with Gasteiger partial charge in [0.05, 0.1) is 5.75 Å². The largest absolute Gasteiger partial charge is 0.356 e. The monoisotopic (exact) mass is 433 g/mol. The van der Waals surface area contributed by atoms with E-state index >= 15 is 0 Å². The Morgan fingerprint density at radius 2 is 1.76 bits per heavy atom. The number of hydrogen-bond donors (Lipinski definition) is 2. The first-order valence-electron chi connectivity index (χ1n) is 7.39. The van der Waals surface area contributed by atoms with E-state index in [0.29, 0.717) is 6.42 Å². The molecule has 0 radical (unpaired) electrons. The molecule has 0 aromatic heterocycles. The summed E-state index contributed by atoms with van der Waals surface area (Å²) in [5, 5.41) is 6.47. The maximum Gasteiger partial charge on any atom is 0.191 e.